The highest BCUT2D eigenvalue weighted by molar-refractivity contribution is 9.10. The number of aromatic nitrogens is 1. The van der Waals surface area contributed by atoms with Crippen LogP contribution < -0.4 is 5.32 Å². The van der Waals surface area contributed by atoms with E-state index in [1.807, 2.05) is 19.9 Å². The molecule has 1 amide bonds. The largest absolute Gasteiger partial charge is 0.382 e. The molecule has 1 N–H and O–H groups in total. The van der Waals surface area contributed by atoms with Crippen LogP contribution in [0.5, 0.6) is 0 Å². The van der Waals surface area contributed by atoms with Gasteiger partial charge in [-0.1, -0.05) is 0 Å². The van der Waals surface area contributed by atoms with Crippen molar-refractivity contribution >= 4 is 27.7 Å². The van der Waals surface area contributed by atoms with Gasteiger partial charge in [0.25, 0.3) is 0 Å². The second-order valence-corrected chi connectivity index (χ2v) is 4.75. The molecule has 1 heterocycles. The summed E-state index contributed by atoms with van der Waals surface area (Å²) >= 11 is 3.36. The molecule has 1 unspecified atom stereocenters. The van der Waals surface area contributed by atoms with Crippen LogP contribution in [0.2, 0.25) is 0 Å². The first-order valence-electron chi connectivity index (χ1n) is 5.48. The van der Waals surface area contributed by atoms with Gasteiger partial charge in [-0.05, 0) is 48.3 Å². The summed E-state index contributed by atoms with van der Waals surface area (Å²) in [5.74, 6) is 0.545. The van der Waals surface area contributed by atoms with E-state index >= 15 is 0 Å². The van der Waals surface area contributed by atoms with Crippen molar-refractivity contribution in [3.63, 3.8) is 0 Å². The standard InChI is InChI=1S/C12H17BrN2O2/c1-8(17-3)4-7-12(16)15-11-6-5-10(13)9(2)14-11/h5-6,8H,4,7H2,1-3H3,(H,14,15,16). The Labute approximate surface area is 110 Å². The number of carbonyl (C=O) groups excluding carboxylic acids is 1. The average Bonchev–Trinajstić information content (AvgIpc) is 2.31. The van der Waals surface area contributed by atoms with E-state index in [0.717, 1.165) is 10.2 Å². The summed E-state index contributed by atoms with van der Waals surface area (Å²) in [5.41, 5.74) is 0.855. The molecule has 0 aromatic carbocycles. The summed E-state index contributed by atoms with van der Waals surface area (Å²) in [5, 5.41) is 2.76. The number of nitrogens with zero attached hydrogens (tertiary/aromatic N) is 1. The number of pyridine rings is 1. The number of anilines is 1. The molecule has 0 bridgehead atoms. The van der Waals surface area contributed by atoms with Gasteiger partial charge in [-0.2, -0.15) is 0 Å². The van der Waals surface area contributed by atoms with Crippen molar-refractivity contribution in [1.82, 2.24) is 4.98 Å². The summed E-state index contributed by atoms with van der Waals surface area (Å²) in [4.78, 5) is 15.9. The minimum Gasteiger partial charge on any atom is -0.382 e. The Morgan fingerprint density at radius 3 is 2.88 bits per heavy atom. The minimum atomic E-state index is -0.0388. The zero-order valence-electron chi connectivity index (χ0n) is 10.3. The molecule has 0 spiro atoms. The highest BCUT2D eigenvalue weighted by Crippen LogP contribution is 2.16. The van der Waals surface area contributed by atoms with Gasteiger partial charge in [-0.15, -0.1) is 0 Å². The first kappa shape index (κ1) is 14.1. The summed E-state index contributed by atoms with van der Waals surface area (Å²) in [6.07, 6.45) is 1.24. The Hall–Kier alpha value is -0.940. The van der Waals surface area contributed by atoms with Gasteiger partial charge in [0.05, 0.1) is 11.8 Å². The molecule has 0 fully saturated rings. The Bertz CT molecular complexity index is 396. The summed E-state index contributed by atoms with van der Waals surface area (Å²) in [6.45, 7) is 3.82. The van der Waals surface area contributed by atoms with E-state index in [1.54, 1.807) is 13.2 Å². The molecule has 1 aromatic rings. The molecule has 5 heteroatoms. The van der Waals surface area contributed by atoms with E-state index in [-0.39, 0.29) is 12.0 Å². The zero-order chi connectivity index (χ0) is 12.8. The fraction of sp³-hybridized carbons (Fsp3) is 0.500. The molecule has 17 heavy (non-hydrogen) atoms. The first-order valence-corrected chi connectivity index (χ1v) is 6.28. The first-order chi connectivity index (χ1) is 8.02. The van der Waals surface area contributed by atoms with Crippen LogP contribution >= 0.6 is 15.9 Å². The predicted molar refractivity (Wildman–Crippen MR) is 71.0 cm³/mol. The molecule has 0 saturated heterocycles. The second kappa shape index (κ2) is 6.71. The van der Waals surface area contributed by atoms with Gasteiger partial charge in [-0.25, -0.2) is 4.98 Å². The van der Waals surface area contributed by atoms with Crippen LogP contribution in [0.15, 0.2) is 16.6 Å². The SMILES string of the molecule is COC(C)CCC(=O)Nc1ccc(Br)c(C)n1. The fourth-order valence-corrected chi connectivity index (χ4v) is 1.49. The van der Waals surface area contributed by atoms with Gasteiger partial charge in [0.15, 0.2) is 0 Å². The van der Waals surface area contributed by atoms with Gasteiger partial charge < -0.3 is 10.1 Å². The Kier molecular flexibility index (Phi) is 5.58. The van der Waals surface area contributed by atoms with Crippen molar-refractivity contribution in [2.45, 2.75) is 32.8 Å². The van der Waals surface area contributed by atoms with E-state index in [1.165, 1.54) is 0 Å². The molecule has 4 nitrogen and oxygen atoms in total. The van der Waals surface area contributed by atoms with Gasteiger partial charge >= 0.3 is 0 Å². The number of amides is 1. The molecule has 0 aliphatic rings. The summed E-state index contributed by atoms with van der Waals surface area (Å²) in [7, 11) is 1.64. The number of carbonyl (C=O) groups is 1. The monoisotopic (exact) mass is 300 g/mol. The normalized spacial score (nSPS) is 12.2. The molecular weight excluding hydrogens is 284 g/mol. The van der Waals surface area contributed by atoms with Crippen LogP contribution in [-0.4, -0.2) is 24.1 Å². The molecule has 1 atom stereocenters. The topological polar surface area (TPSA) is 51.2 Å². The number of rotatable bonds is 5. The lowest BCUT2D eigenvalue weighted by Gasteiger charge is -2.09. The highest BCUT2D eigenvalue weighted by Gasteiger charge is 2.07. The van der Waals surface area contributed by atoms with Crippen LogP contribution in [0.3, 0.4) is 0 Å². The predicted octanol–water partition coefficient (Wildman–Crippen LogP) is 2.91. The van der Waals surface area contributed by atoms with E-state index < -0.39 is 0 Å². The zero-order valence-corrected chi connectivity index (χ0v) is 11.9. The lowest BCUT2D eigenvalue weighted by atomic mass is 10.2. The van der Waals surface area contributed by atoms with E-state index in [0.29, 0.717) is 18.7 Å². The Morgan fingerprint density at radius 2 is 2.29 bits per heavy atom. The Morgan fingerprint density at radius 1 is 1.59 bits per heavy atom. The van der Waals surface area contributed by atoms with Crippen LogP contribution in [0.25, 0.3) is 0 Å². The van der Waals surface area contributed by atoms with Crippen molar-refractivity contribution in [2.24, 2.45) is 0 Å². The van der Waals surface area contributed by atoms with E-state index in [4.69, 9.17) is 4.74 Å². The lowest BCUT2D eigenvalue weighted by Crippen LogP contribution is -2.16. The third kappa shape index (κ3) is 4.83. The van der Waals surface area contributed by atoms with Crippen LogP contribution in [0.4, 0.5) is 5.82 Å². The fourth-order valence-electron chi connectivity index (χ4n) is 1.27. The second-order valence-electron chi connectivity index (χ2n) is 3.90. The van der Waals surface area contributed by atoms with Crippen molar-refractivity contribution in [3.8, 4) is 0 Å². The van der Waals surface area contributed by atoms with Crippen LogP contribution in [0, 0.1) is 6.92 Å². The smallest absolute Gasteiger partial charge is 0.225 e. The average molecular weight is 301 g/mol. The number of aryl methyl sites for hydroxylation is 1. The number of nitrogens with one attached hydrogen (secondary N) is 1. The maximum atomic E-state index is 11.6. The van der Waals surface area contributed by atoms with E-state index in [2.05, 4.69) is 26.2 Å². The van der Waals surface area contributed by atoms with E-state index in [9.17, 15) is 4.79 Å². The third-order valence-electron chi connectivity index (χ3n) is 2.47. The molecule has 0 aliphatic carbocycles. The third-order valence-corrected chi connectivity index (χ3v) is 3.31. The molecule has 94 valence electrons. The highest BCUT2D eigenvalue weighted by atomic mass is 79.9. The van der Waals surface area contributed by atoms with Crippen molar-refractivity contribution in [3.05, 3.63) is 22.3 Å². The number of ether oxygens (including phenoxy) is 1. The minimum absolute atomic E-state index is 0.0388. The quantitative estimate of drug-likeness (QED) is 0.909. The molecule has 1 aromatic heterocycles. The summed E-state index contributed by atoms with van der Waals surface area (Å²) in [6, 6.07) is 3.64. The van der Waals surface area contributed by atoms with Crippen molar-refractivity contribution in [1.29, 1.82) is 0 Å². The van der Waals surface area contributed by atoms with Crippen molar-refractivity contribution in [2.75, 3.05) is 12.4 Å². The van der Waals surface area contributed by atoms with Gasteiger partial charge in [0.1, 0.15) is 5.82 Å². The molecular formula is C12H17BrN2O2. The van der Waals surface area contributed by atoms with Crippen LogP contribution in [0.1, 0.15) is 25.5 Å². The maximum Gasteiger partial charge on any atom is 0.225 e. The number of halogens is 1. The molecule has 0 aliphatic heterocycles. The molecule has 1 rings (SSSR count). The summed E-state index contributed by atoms with van der Waals surface area (Å²) < 4.78 is 6.02. The molecule has 0 radical (unpaired) electrons. The number of hydrogen-bond donors (Lipinski definition) is 1. The van der Waals surface area contributed by atoms with Gasteiger partial charge in [-0.3, -0.25) is 4.79 Å². The molecule has 0 saturated carbocycles. The number of methoxy groups -OCH3 is 1. The van der Waals surface area contributed by atoms with Crippen LogP contribution in [-0.2, 0) is 9.53 Å². The number of hydrogen-bond acceptors (Lipinski definition) is 3. The van der Waals surface area contributed by atoms with Gasteiger partial charge in [0, 0.05) is 18.0 Å². The van der Waals surface area contributed by atoms with Crippen molar-refractivity contribution < 1.29 is 9.53 Å². The van der Waals surface area contributed by atoms with Gasteiger partial charge in [0.2, 0.25) is 5.91 Å². The Balaban J connectivity index is 2.48. The maximum absolute atomic E-state index is 11.6. The lowest BCUT2D eigenvalue weighted by molar-refractivity contribution is -0.116.